The number of halogens is 3. The van der Waals surface area contributed by atoms with Gasteiger partial charge in [0.05, 0.1) is 12.4 Å². The lowest BCUT2D eigenvalue weighted by molar-refractivity contribution is -0.146. The van der Waals surface area contributed by atoms with E-state index in [2.05, 4.69) is 38.2 Å². The fourth-order valence-electron chi connectivity index (χ4n) is 3.75. The van der Waals surface area contributed by atoms with Crippen molar-refractivity contribution in [3.8, 4) is 5.88 Å². The van der Waals surface area contributed by atoms with Gasteiger partial charge in [0.1, 0.15) is 6.61 Å². The first-order chi connectivity index (χ1) is 17.0. The molecule has 0 unspecified atom stereocenters. The number of rotatable bonds is 8. The van der Waals surface area contributed by atoms with Crippen LogP contribution in [0.25, 0.3) is 16.4 Å². The van der Waals surface area contributed by atoms with Crippen molar-refractivity contribution in [3.63, 3.8) is 0 Å². The normalized spacial score (nSPS) is 13.8. The Morgan fingerprint density at radius 1 is 0.971 bits per heavy atom. The summed E-state index contributed by atoms with van der Waals surface area (Å²) >= 11 is 0. The number of alkyl halides is 3. The molecule has 0 atom stereocenters. The van der Waals surface area contributed by atoms with E-state index >= 15 is 0 Å². The van der Waals surface area contributed by atoms with Crippen molar-refractivity contribution in [2.24, 2.45) is 0 Å². The molecule has 35 heavy (non-hydrogen) atoms. The molecule has 0 spiro atoms. The first-order valence-electron chi connectivity index (χ1n) is 11.0. The number of hydrogen-bond acceptors (Lipinski definition) is 7. The average Bonchev–Trinajstić information content (AvgIpc) is 3.31. The highest BCUT2D eigenvalue weighted by Gasteiger charge is 2.38. The first-order valence-corrected chi connectivity index (χ1v) is 11.0. The second-order valence-corrected chi connectivity index (χ2v) is 7.90. The molecule has 0 fully saturated rings. The van der Waals surface area contributed by atoms with Gasteiger partial charge in [-0.15, -0.1) is 15.3 Å². The Balaban J connectivity index is 1.25. The second-order valence-electron chi connectivity index (χ2n) is 7.90. The van der Waals surface area contributed by atoms with Crippen LogP contribution in [-0.4, -0.2) is 44.6 Å². The monoisotopic (exact) mass is 481 g/mol. The second kappa shape index (κ2) is 9.63. The molecular formula is C24H22F3N7O. The Morgan fingerprint density at radius 3 is 2.54 bits per heavy atom. The maximum atomic E-state index is 13.4. The van der Waals surface area contributed by atoms with Crippen molar-refractivity contribution >= 4 is 16.4 Å². The van der Waals surface area contributed by atoms with Crippen LogP contribution in [0.4, 0.5) is 13.2 Å². The zero-order valence-electron chi connectivity index (χ0n) is 18.5. The van der Waals surface area contributed by atoms with E-state index in [1.54, 1.807) is 24.3 Å². The number of nitrogens with one attached hydrogen (secondary N) is 2. The molecular weight excluding hydrogens is 459 g/mol. The molecule has 1 aliphatic heterocycles. The van der Waals surface area contributed by atoms with Crippen molar-refractivity contribution in [1.82, 2.24) is 35.6 Å². The summed E-state index contributed by atoms with van der Waals surface area (Å²) < 4.78 is 46.7. The minimum Gasteiger partial charge on any atom is -0.470 e. The lowest BCUT2D eigenvalue weighted by Crippen LogP contribution is -2.42. The van der Waals surface area contributed by atoms with Crippen LogP contribution in [0.3, 0.4) is 0 Å². The number of fused-ring (bicyclic) bond motifs is 3. The minimum atomic E-state index is -4.70. The Bertz CT molecular complexity index is 1380. The van der Waals surface area contributed by atoms with Crippen molar-refractivity contribution < 1.29 is 17.9 Å². The van der Waals surface area contributed by atoms with Gasteiger partial charge in [-0.2, -0.15) is 17.7 Å². The van der Waals surface area contributed by atoms with Gasteiger partial charge in [0.15, 0.2) is 5.65 Å². The number of ether oxygens (including phenoxy) is 1. The molecule has 3 heterocycles. The zero-order chi connectivity index (χ0) is 24.3. The lowest BCUT2D eigenvalue weighted by atomic mass is 10.1. The molecule has 11 heteroatoms. The van der Waals surface area contributed by atoms with E-state index in [-0.39, 0.29) is 18.1 Å². The highest BCUT2D eigenvalue weighted by molar-refractivity contribution is 5.96. The van der Waals surface area contributed by atoms with Gasteiger partial charge in [0, 0.05) is 23.5 Å². The maximum Gasteiger partial charge on any atom is 0.453 e. The predicted octanol–water partition coefficient (Wildman–Crippen LogP) is 3.68. The molecule has 2 N–H and O–H groups in total. The fraction of sp³-hybridized carbons (Fsp3) is 0.208. The molecule has 180 valence electrons. The number of hydrogen-bond donors (Lipinski definition) is 2. The number of aromatic nitrogens is 4. The summed E-state index contributed by atoms with van der Waals surface area (Å²) in [5.41, 5.74) is 5.22. The number of benzene rings is 2. The zero-order valence-corrected chi connectivity index (χ0v) is 18.5. The predicted molar refractivity (Wildman–Crippen MR) is 124 cm³/mol. The molecule has 0 radical (unpaired) electrons. The molecule has 8 nitrogen and oxygen atoms in total. The SMILES string of the molecule is FC(F)(F)c1nnc2c3ccccc3c(OCC3=CC=CN(CNCCc4ccccc4)N3)nn12. The number of allylic oxidation sites excluding steroid dienone is 2. The summed E-state index contributed by atoms with van der Waals surface area (Å²) in [4.78, 5) is 0. The van der Waals surface area contributed by atoms with Crippen molar-refractivity contribution in [3.05, 3.63) is 90.0 Å². The van der Waals surface area contributed by atoms with E-state index in [0.29, 0.717) is 22.0 Å². The van der Waals surface area contributed by atoms with Crippen LogP contribution in [0.1, 0.15) is 11.4 Å². The Labute approximate surface area is 198 Å². The highest BCUT2D eigenvalue weighted by Crippen LogP contribution is 2.32. The molecule has 2 aromatic heterocycles. The topological polar surface area (TPSA) is 79.6 Å². The number of hydrazine groups is 1. The van der Waals surface area contributed by atoms with Gasteiger partial charge in [-0.05, 0) is 30.2 Å². The minimum absolute atomic E-state index is 0.0194. The molecule has 0 aliphatic carbocycles. The molecule has 0 amide bonds. The van der Waals surface area contributed by atoms with Crippen LogP contribution in [0.2, 0.25) is 0 Å². The molecule has 2 aromatic carbocycles. The van der Waals surface area contributed by atoms with E-state index in [0.717, 1.165) is 18.7 Å². The van der Waals surface area contributed by atoms with Gasteiger partial charge in [-0.3, -0.25) is 15.8 Å². The molecule has 0 saturated heterocycles. The summed E-state index contributed by atoms with van der Waals surface area (Å²) in [6.45, 7) is 1.45. The third-order valence-electron chi connectivity index (χ3n) is 5.41. The van der Waals surface area contributed by atoms with Gasteiger partial charge >= 0.3 is 6.18 Å². The fourth-order valence-corrected chi connectivity index (χ4v) is 3.75. The summed E-state index contributed by atoms with van der Waals surface area (Å²) in [5.74, 6) is -1.14. The van der Waals surface area contributed by atoms with Crippen LogP contribution in [0.15, 0.2) is 78.6 Å². The maximum absolute atomic E-state index is 13.4. The smallest absolute Gasteiger partial charge is 0.453 e. The van der Waals surface area contributed by atoms with Gasteiger partial charge in [-0.1, -0.05) is 48.5 Å². The highest BCUT2D eigenvalue weighted by atomic mass is 19.4. The van der Waals surface area contributed by atoms with E-state index < -0.39 is 12.0 Å². The summed E-state index contributed by atoms with van der Waals surface area (Å²) in [6, 6.07) is 17.1. The van der Waals surface area contributed by atoms with Crippen LogP contribution in [0, 0.1) is 0 Å². The Hall–Kier alpha value is -4.12. The van der Waals surface area contributed by atoms with Crippen LogP contribution in [0.5, 0.6) is 5.88 Å². The van der Waals surface area contributed by atoms with E-state index in [1.165, 1.54) is 5.56 Å². The van der Waals surface area contributed by atoms with E-state index in [1.807, 2.05) is 41.6 Å². The van der Waals surface area contributed by atoms with Crippen LogP contribution < -0.4 is 15.5 Å². The average molecular weight is 481 g/mol. The molecule has 0 saturated carbocycles. The van der Waals surface area contributed by atoms with E-state index in [9.17, 15) is 13.2 Å². The standard InChI is InChI=1S/C24H22F3N7O/c25-24(26,27)23-30-29-21-19-10-4-5-11-20(19)22(32-34(21)23)35-15-18-9-6-14-33(31-18)16-28-13-12-17-7-2-1-3-8-17/h1-11,14,28,31H,12-13,15-16H2. The van der Waals surface area contributed by atoms with Crippen molar-refractivity contribution in [2.75, 3.05) is 19.8 Å². The Morgan fingerprint density at radius 2 is 1.74 bits per heavy atom. The third-order valence-corrected chi connectivity index (χ3v) is 5.41. The van der Waals surface area contributed by atoms with Crippen molar-refractivity contribution in [2.45, 2.75) is 12.6 Å². The molecule has 4 aromatic rings. The van der Waals surface area contributed by atoms with E-state index in [4.69, 9.17) is 4.74 Å². The van der Waals surface area contributed by atoms with Crippen molar-refractivity contribution in [1.29, 1.82) is 0 Å². The van der Waals surface area contributed by atoms with Crippen LogP contribution >= 0.6 is 0 Å². The molecule has 5 rings (SSSR count). The summed E-state index contributed by atoms with van der Waals surface area (Å²) in [5, 5.41) is 17.3. The van der Waals surface area contributed by atoms with Crippen LogP contribution in [-0.2, 0) is 12.6 Å². The molecule has 0 bridgehead atoms. The largest absolute Gasteiger partial charge is 0.470 e. The molecule has 1 aliphatic rings. The third kappa shape index (κ3) is 5.04. The summed E-state index contributed by atoms with van der Waals surface area (Å²) in [6.07, 6.45) is 1.80. The lowest BCUT2D eigenvalue weighted by Gasteiger charge is -2.27. The first kappa shape index (κ1) is 22.7. The van der Waals surface area contributed by atoms with Gasteiger partial charge in [0.25, 0.3) is 5.82 Å². The van der Waals surface area contributed by atoms with Gasteiger partial charge < -0.3 is 4.74 Å². The van der Waals surface area contributed by atoms with Gasteiger partial charge in [-0.25, -0.2) is 0 Å². The Kier molecular flexibility index (Phi) is 6.23. The summed E-state index contributed by atoms with van der Waals surface area (Å²) in [7, 11) is 0. The number of nitrogens with zero attached hydrogens (tertiary/aromatic N) is 5. The quantitative estimate of drug-likeness (QED) is 0.372. The van der Waals surface area contributed by atoms with Gasteiger partial charge in [0.2, 0.25) is 5.88 Å².